The van der Waals surface area contributed by atoms with Gasteiger partial charge in [0.2, 0.25) is 0 Å². The van der Waals surface area contributed by atoms with Crippen molar-refractivity contribution in [3.8, 4) is 0 Å². The Bertz CT molecular complexity index is 546. The van der Waals surface area contributed by atoms with Crippen molar-refractivity contribution in [2.45, 2.75) is 44.6 Å². The van der Waals surface area contributed by atoms with Crippen LogP contribution in [-0.2, 0) is 0 Å². The van der Waals surface area contributed by atoms with E-state index in [0.29, 0.717) is 17.9 Å². The number of guanidine groups is 1. The van der Waals surface area contributed by atoms with Gasteiger partial charge in [-0.15, -0.1) is 24.0 Å². The predicted molar refractivity (Wildman–Crippen MR) is 116 cm³/mol. The third kappa shape index (κ3) is 5.79. The van der Waals surface area contributed by atoms with Crippen LogP contribution in [0.25, 0.3) is 0 Å². The highest BCUT2D eigenvalue weighted by Gasteiger charge is 2.22. The van der Waals surface area contributed by atoms with Gasteiger partial charge in [-0.1, -0.05) is 41.3 Å². The highest BCUT2D eigenvalue weighted by atomic mass is 127. The van der Waals surface area contributed by atoms with Crippen LogP contribution in [-0.4, -0.2) is 31.6 Å². The molecule has 1 aliphatic carbocycles. The molecule has 134 valence electrons. The van der Waals surface area contributed by atoms with Gasteiger partial charge in [-0.2, -0.15) is 0 Å². The maximum atomic E-state index is 6.07. The van der Waals surface area contributed by atoms with Crippen LogP contribution in [0.15, 0.2) is 33.7 Å². The Labute approximate surface area is 170 Å². The Morgan fingerprint density at radius 2 is 2.04 bits per heavy atom. The summed E-state index contributed by atoms with van der Waals surface area (Å²) in [6.45, 7) is 3.00. The van der Waals surface area contributed by atoms with E-state index in [0.717, 1.165) is 24.1 Å². The normalized spacial score (nSPS) is 22.3. The van der Waals surface area contributed by atoms with E-state index in [-0.39, 0.29) is 24.0 Å². The molecule has 1 aromatic rings. The second-order valence-corrected chi connectivity index (χ2v) is 7.70. The number of benzene rings is 1. The minimum absolute atomic E-state index is 0. The molecule has 6 heteroatoms. The molecule has 1 aliphatic heterocycles. The Morgan fingerprint density at radius 1 is 1.25 bits per heavy atom. The van der Waals surface area contributed by atoms with E-state index in [2.05, 4.69) is 55.4 Å². The van der Waals surface area contributed by atoms with Crippen molar-refractivity contribution < 1.29 is 0 Å². The molecule has 0 amide bonds. The van der Waals surface area contributed by atoms with Gasteiger partial charge >= 0.3 is 0 Å². The van der Waals surface area contributed by atoms with Crippen LogP contribution >= 0.6 is 39.9 Å². The summed E-state index contributed by atoms with van der Waals surface area (Å²) in [5.41, 5.74) is 7.36. The number of nitrogens with one attached hydrogen (secondary N) is 1. The predicted octanol–water partition coefficient (Wildman–Crippen LogP) is 4.13. The number of hydrogen-bond donors (Lipinski definition) is 2. The Hall–Kier alpha value is -0.500. The third-order valence-corrected chi connectivity index (χ3v) is 5.43. The van der Waals surface area contributed by atoms with Crippen LogP contribution in [0.5, 0.6) is 0 Å². The smallest absolute Gasteiger partial charge is 0.188 e. The first kappa shape index (κ1) is 19.8. The second-order valence-electron chi connectivity index (χ2n) is 6.79. The van der Waals surface area contributed by atoms with Gasteiger partial charge in [-0.25, -0.2) is 0 Å². The van der Waals surface area contributed by atoms with Crippen molar-refractivity contribution in [3.63, 3.8) is 0 Å². The fourth-order valence-electron chi connectivity index (χ4n) is 3.62. The fourth-order valence-corrected chi connectivity index (χ4v) is 4.01. The number of anilines is 1. The molecule has 1 heterocycles. The molecule has 0 bridgehead atoms. The van der Waals surface area contributed by atoms with Crippen LogP contribution in [0.4, 0.5) is 5.69 Å². The zero-order chi connectivity index (χ0) is 16.1. The molecule has 2 aliphatic rings. The molecule has 0 radical (unpaired) electrons. The quantitative estimate of drug-likeness (QED) is 0.366. The zero-order valence-electron chi connectivity index (χ0n) is 14.1. The van der Waals surface area contributed by atoms with Gasteiger partial charge in [-0.05, 0) is 43.4 Å². The topological polar surface area (TPSA) is 53.6 Å². The number of nitrogens with zero attached hydrogens (tertiary/aromatic N) is 2. The highest BCUT2D eigenvalue weighted by Crippen LogP contribution is 2.26. The number of hydrogen-bond acceptors (Lipinski definition) is 2. The van der Waals surface area contributed by atoms with Crippen molar-refractivity contribution >= 4 is 51.6 Å². The summed E-state index contributed by atoms with van der Waals surface area (Å²) in [6, 6.07) is 9.06. The maximum Gasteiger partial charge on any atom is 0.188 e. The molecule has 0 spiro atoms. The molecule has 2 fully saturated rings. The number of halogens is 2. The van der Waals surface area contributed by atoms with Gasteiger partial charge in [-0.3, -0.25) is 4.99 Å². The van der Waals surface area contributed by atoms with Crippen LogP contribution < -0.4 is 16.0 Å². The van der Waals surface area contributed by atoms with Crippen molar-refractivity contribution in [2.75, 3.05) is 24.5 Å². The van der Waals surface area contributed by atoms with Crippen LogP contribution in [0.3, 0.4) is 0 Å². The zero-order valence-corrected chi connectivity index (χ0v) is 18.0. The average molecular weight is 507 g/mol. The Morgan fingerprint density at radius 3 is 2.79 bits per heavy atom. The van der Waals surface area contributed by atoms with Gasteiger partial charge in [0, 0.05) is 35.8 Å². The Balaban J connectivity index is 0.00000208. The van der Waals surface area contributed by atoms with Crippen LogP contribution in [0.1, 0.15) is 38.5 Å². The lowest BCUT2D eigenvalue weighted by Crippen LogP contribution is -2.41. The molecule has 1 saturated carbocycles. The largest absolute Gasteiger partial charge is 0.371 e. The molecule has 1 atom stereocenters. The van der Waals surface area contributed by atoms with Crippen molar-refractivity contribution in [1.29, 1.82) is 0 Å². The highest BCUT2D eigenvalue weighted by molar-refractivity contribution is 14.0. The van der Waals surface area contributed by atoms with Crippen molar-refractivity contribution in [2.24, 2.45) is 16.6 Å². The Kier molecular flexibility index (Phi) is 8.13. The molecule has 1 aromatic carbocycles. The molecule has 1 unspecified atom stereocenters. The molecule has 3 N–H and O–H groups in total. The van der Waals surface area contributed by atoms with E-state index in [1.54, 1.807) is 0 Å². The standard InChI is InChI=1S/C18H27BrN4.HI/c19-15-5-4-8-17(11-15)23-10-9-14(13-23)12-21-18(20)22-16-6-2-1-3-7-16;/h4-5,8,11,14,16H,1-3,6-7,9-10,12-13H2,(H3,20,21,22);1H. The SMILES string of the molecule is I.NC(=NCC1CCN(c2cccc(Br)c2)C1)NC1CCCCC1. The van der Waals surface area contributed by atoms with Crippen molar-refractivity contribution in [3.05, 3.63) is 28.7 Å². The molecule has 3 rings (SSSR count). The number of aliphatic imine (C=N–C) groups is 1. The summed E-state index contributed by atoms with van der Waals surface area (Å²) in [5.74, 6) is 1.23. The first-order valence-electron chi connectivity index (χ1n) is 8.77. The van der Waals surface area contributed by atoms with E-state index >= 15 is 0 Å². The monoisotopic (exact) mass is 506 g/mol. The number of rotatable bonds is 4. The second kappa shape index (κ2) is 9.85. The van der Waals surface area contributed by atoms with E-state index in [4.69, 9.17) is 5.73 Å². The minimum Gasteiger partial charge on any atom is -0.371 e. The third-order valence-electron chi connectivity index (χ3n) is 4.94. The molecule has 4 nitrogen and oxygen atoms in total. The van der Waals surface area contributed by atoms with E-state index < -0.39 is 0 Å². The summed E-state index contributed by atoms with van der Waals surface area (Å²) in [7, 11) is 0. The molecular weight excluding hydrogens is 479 g/mol. The summed E-state index contributed by atoms with van der Waals surface area (Å²) in [4.78, 5) is 7.03. The molecule has 1 saturated heterocycles. The molecular formula is C18H28BrIN4. The lowest BCUT2D eigenvalue weighted by atomic mass is 9.96. The summed E-state index contributed by atoms with van der Waals surface area (Å²) < 4.78 is 1.14. The fraction of sp³-hybridized carbons (Fsp3) is 0.611. The maximum absolute atomic E-state index is 6.07. The van der Waals surface area contributed by atoms with Gasteiger partial charge in [0.1, 0.15) is 0 Å². The first-order chi connectivity index (χ1) is 11.2. The van der Waals surface area contributed by atoms with Crippen LogP contribution in [0, 0.1) is 5.92 Å². The first-order valence-corrected chi connectivity index (χ1v) is 9.57. The number of nitrogens with two attached hydrogens (primary N) is 1. The van der Waals surface area contributed by atoms with E-state index in [9.17, 15) is 0 Å². The summed E-state index contributed by atoms with van der Waals surface area (Å²) in [5, 5.41) is 3.40. The minimum atomic E-state index is 0. The van der Waals surface area contributed by atoms with Gasteiger partial charge in [0.15, 0.2) is 5.96 Å². The summed E-state index contributed by atoms with van der Waals surface area (Å²) in [6.07, 6.45) is 7.65. The molecule has 24 heavy (non-hydrogen) atoms. The lowest BCUT2D eigenvalue weighted by molar-refractivity contribution is 0.412. The van der Waals surface area contributed by atoms with Gasteiger partial charge < -0.3 is 16.0 Å². The van der Waals surface area contributed by atoms with Crippen molar-refractivity contribution in [1.82, 2.24) is 5.32 Å². The average Bonchev–Trinajstić information content (AvgIpc) is 3.03. The summed E-state index contributed by atoms with van der Waals surface area (Å²) >= 11 is 3.55. The lowest BCUT2D eigenvalue weighted by Gasteiger charge is -2.23. The van der Waals surface area contributed by atoms with Gasteiger partial charge in [0.05, 0.1) is 0 Å². The van der Waals surface area contributed by atoms with Crippen LogP contribution in [0.2, 0.25) is 0 Å². The van der Waals surface area contributed by atoms with Gasteiger partial charge in [0.25, 0.3) is 0 Å². The van der Waals surface area contributed by atoms with E-state index in [1.165, 1.54) is 44.2 Å². The van der Waals surface area contributed by atoms with E-state index in [1.807, 2.05) is 0 Å². The molecule has 0 aromatic heterocycles.